The molecule has 1 aliphatic heterocycles. The molecule has 0 saturated carbocycles. The van der Waals surface area contributed by atoms with Gasteiger partial charge in [0.05, 0.1) is 13.2 Å². The van der Waals surface area contributed by atoms with E-state index in [1.165, 1.54) is 6.42 Å². The Labute approximate surface area is 121 Å². The first-order chi connectivity index (χ1) is 9.65. The first-order valence-electron chi connectivity index (χ1n) is 7.58. The summed E-state index contributed by atoms with van der Waals surface area (Å²) in [6.07, 6.45) is 3.84. The smallest absolute Gasteiger partial charge is 0.413 e. The molecule has 116 valence electrons. The summed E-state index contributed by atoms with van der Waals surface area (Å²) in [5, 5.41) is 5.68. The maximum atomic E-state index is 11.8. The van der Waals surface area contributed by atoms with Gasteiger partial charge in [0.25, 0.3) is 0 Å². The molecule has 0 aromatic rings. The Hall–Kier alpha value is -1.14. The average molecular weight is 285 g/mol. The summed E-state index contributed by atoms with van der Waals surface area (Å²) in [6, 6.07) is 0.460. The molecular weight excluding hydrogens is 258 g/mol. The van der Waals surface area contributed by atoms with E-state index in [2.05, 4.69) is 22.5 Å². The lowest BCUT2D eigenvalue weighted by Crippen LogP contribution is -2.45. The standard InChI is InChI=1S/C14H27N3O3/c1-3-5-9-17(10-12-7-6-8-15-12)11-13(18)16-14(19)20-4-2/h12,15H,3-11H2,1-2H3,(H,16,18,19). The second-order valence-corrected chi connectivity index (χ2v) is 5.15. The number of unbranched alkanes of at least 4 members (excludes halogenated alkanes) is 1. The lowest BCUT2D eigenvalue weighted by molar-refractivity contribution is -0.121. The normalized spacial score (nSPS) is 18.2. The summed E-state index contributed by atoms with van der Waals surface area (Å²) in [6.45, 7) is 7.15. The van der Waals surface area contributed by atoms with E-state index in [9.17, 15) is 9.59 Å². The van der Waals surface area contributed by atoms with E-state index in [1.54, 1.807) is 6.92 Å². The minimum Gasteiger partial charge on any atom is -0.450 e. The van der Waals surface area contributed by atoms with Crippen LogP contribution in [0.1, 0.15) is 39.5 Å². The third-order valence-corrected chi connectivity index (χ3v) is 3.35. The first kappa shape index (κ1) is 16.9. The van der Waals surface area contributed by atoms with E-state index >= 15 is 0 Å². The second-order valence-electron chi connectivity index (χ2n) is 5.15. The summed E-state index contributed by atoms with van der Waals surface area (Å²) < 4.78 is 4.71. The van der Waals surface area contributed by atoms with Crippen LogP contribution in [0.4, 0.5) is 4.79 Å². The molecule has 1 saturated heterocycles. The molecule has 1 fully saturated rings. The highest BCUT2D eigenvalue weighted by Crippen LogP contribution is 2.07. The van der Waals surface area contributed by atoms with E-state index in [0.717, 1.165) is 38.9 Å². The number of nitrogens with zero attached hydrogens (tertiary/aromatic N) is 1. The number of carbonyl (C=O) groups is 2. The Morgan fingerprint density at radius 1 is 1.40 bits per heavy atom. The third kappa shape index (κ3) is 6.86. The van der Waals surface area contributed by atoms with Gasteiger partial charge in [0, 0.05) is 12.6 Å². The molecule has 1 rings (SSSR count). The van der Waals surface area contributed by atoms with E-state index in [-0.39, 0.29) is 19.1 Å². The molecule has 0 aromatic carbocycles. The maximum absolute atomic E-state index is 11.8. The summed E-state index contributed by atoms with van der Waals surface area (Å²) in [5.41, 5.74) is 0. The monoisotopic (exact) mass is 285 g/mol. The Morgan fingerprint density at radius 3 is 2.80 bits per heavy atom. The highest BCUT2D eigenvalue weighted by molar-refractivity contribution is 5.92. The van der Waals surface area contributed by atoms with Crippen molar-refractivity contribution in [1.82, 2.24) is 15.5 Å². The van der Waals surface area contributed by atoms with Gasteiger partial charge in [-0.1, -0.05) is 13.3 Å². The lowest BCUT2D eigenvalue weighted by atomic mass is 10.2. The molecule has 0 aliphatic carbocycles. The van der Waals surface area contributed by atoms with Crippen LogP contribution in [0.2, 0.25) is 0 Å². The van der Waals surface area contributed by atoms with Gasteiger partial charge >= 0.3 is 6.09 Å². The van der Waals surface area contributed by atoms with E-state index < -0.39 is 6.09 Å². The minimum atomic E-state index is -0.660. The van der Waals surface area contributed by atoms with Gasteiger partial charge in [-0.05, 0) is 39.3 Å². The molecule has 1 atom stereocenters. The highest BCUT2D eigenvalue weighted by atomic mass is 16.5. The number of amides is 2. The van der Waals surface area contributed by atoms with Gasteiger partial charge in [0.2, 0.25) is 5.91 Å². The van der Waals surface area contributed by atoms with Gasteiger partial charge in [0.15, 0.2) is 0 Å². The van der Waals surface area contributed by atoms with Crippen molar-refractivity contribution in [2.45, 2.75) is 45.6 Å². The molecule has 6 nitrogen and oxygen atoms in total. The van der Waals surface area contributed by atoms with Crippen molar-refractivity contribution in [2.75, 3.05) is 32.8 Å². The van der Waals surface area contributed by atoms with Gasteiger partial charge in [-0.3, -0.25) is 15.0 Å². The van der Waals surface area contributed by atoms with Crippen LogP contribution in [0.25, 0.3) is 0 Å². The SMILES string of the molecule is CCCCN(CC(=O)NC(=O)OCC)CC1CCCN1. The number of nitrogens with one attached hydrogen (secondary N) is 2. The fourth-order valence-corrected chi connectivity index (χ4v) is 2.36. The molecule has 0 bridgehead atoms. The Balaban J connectivity index is 2.37. The number of imide groups is 1. The van der Waals surface area contributed by atoms with Gasteiger partial charge in [-0.25, -0.2) is 4.79 Å². The molecule has 20 heavy (non-hydrogen) atoms. The van der Waals surface area contributed by atoms with Crippen LogP contribution in [-0.4, -0.2) is 55.7 Å². The summed E-state index contributed by atoms with van der Waals surface area (Å²) in [5.74, 6) is -0.294. The van der Waals surface area contributed by atoms with Crippen molar-refractivity contribution in [3.05, 3.63) is 0 Å². The largest absolute Gasteiger partial charge is 0.450 e. The Bertz CT molecular complexity index is 304. The Kier molecular flexibility index (Phi) is 8.22. The fourth-order valence-electron chi connectivity index (χ4n) is 2.36. The Morgan fingerprint density at radius 2 is 2.20 bits per heavy atom. The van der Waals surface area contributed by atoms with Crippen LogP contribution in [0.5, 0.6) is 0 Å². The number of alkyl carbamates (subject to hydrolysis) is 1. The van der Waals surface area contributed by atoms with Crippen molar-refractivity contribution in [1.29, 1.82) is 0 Å². The van der Waals surface area contributed by atoms with Crippen LogP contribution < -0.4 is 10.6 Å². The molecule has 1 heterocycles. The van der Waals surface area contributed by atoms with Gasteiger partial charge < -0.3 is 10.1 Å². The number of rotatable bonds is 8. The summed E-state index contributed by atoms with van der Waals surface area (Å²) in [7, 11) is 0. The topological polar surface area (TPSA) is 70.7 Å². The minimum absolute atomic E-state index is 0.247. The third-order valence-electron chi connectivity index (χ3n) is 3.35. The highest BCUT2D eigenvalue weighted by Gasteiger charge is 2.20. The molecule has 0 spiro atoms. The molecule has 2 amide bonds. The molecular formula is C14H27N3O3. The first-order valence-corrected chi connectivity index (χ1v) is 7.58. The van der Waals surface area contributed by atoms with Crippen LogP contribution in [0, 0.1) is 0 Å². The zero-order valence-electron chi connectivity index (χ0n) is 12.6. The van der Waals surface area contributed by atoms with E-state index in [1.807, 2.05) is 0 Å². The van der Waals surface area contributed by atoms with Crippen molar-refractivity contribution in [3.8, 4) is 0 Å². The van der Waals surface area contributed by atoms with Crippen molar-refractivity contribution in [2.24, 2.45) is 0 Å². The fraction of sp³-hybridized carbons (Fsp3) is 0.857. The summed E-state index contributed by atoms with van der Waals surface area (Å²) in [4.78, 5) is 25.1. The maximum Gasteiger partial charge on any atom is 0.413 e. The number of hydrogen-bond donors (Lipinski definition) is 2. The number of hydrogen-bond acceptors (Lipinski definition) is 5. The molecule has 6 heteroatoms. The molecule has 1 unspecified atom stereocenters. The van der Waals surface area contributed by atoms with Gasteiger partial charge in [-0.15, -0.1) is 0 Å². The second kappa shape index (κ2) is 9.72. The molecule has 0 radical (unpaired) electrons. The van der Waals surface area contributed by atoms with Crippen molar-refractivity contribution >= 4 is 12.0 Å². The predicted octanol–water partition coefficient (Wildman–Crippen LogP) is 1.11. The van der Waals surface area contributed by atoms with Crippen LogP contribution in [0.15, 0.2) is 0 Å². The van der Waals surface area contributed by atoms with E-state index in [0.29, 0.717) is 6.04 Å². The molecule has 0 aromatic heterocycles. The van der Waals surface area contributed by atoms with E-state index in [4.69, 9.17) is 4.74 Å². The van der Waals surface area contributed by atoms with Crippen LogP contribution >= 0.6 is 0 Å². The van der Waals surface area contributed by atoms with Crippen LogP contribution in [-0.2, 0) is 9.53 Å². The quantitative estimate of drug-likeness (QED) is 0.699. The predicted molar refractivity (Wildman–Crippen MR) is 77.5 cm³/mol. The number of ether oxygens (including phenoxy) is 1. The zero-order chi connectivity index (χ0) is 14.8. The zero-order valence-corrected chi connectivity index (χ0v) is 12.6. The lowest BCUT2D eigenvalue weighted by Gasteiger charge is -2.24. The van der Waals surface area contributed by atoms with Gasteiger partial charge in [0.1, 0.15) is 0 Å². The average Bonchev–Trinajstić information content (AvgIpc) is 2.88. The molecule has 1 aliphatic rings. The molecule has 2 N–H and O–H groups in total. The van der Waals surface area contributed by atoms with Crippen molar-refractivity contribution in [3.63, 3.8) is 0 Å². The van der Waals surface area contributed by atoms with Crippen LogP contribution in [0.3, 0.4) is 0 Å². The summed E-state index contributed by atoms with van der Waals surface area (Å²) >= 11 is 0. The van der Waals surface area contributed by atoms with Gasteiger partial charge in [-0.2, -0.15) is 0 Å². The number of carbonyl (C=O) groups excluding carboxylic acids is 2. The van der Waals surface area contributed by atoms with Crippen molar-refractivity contribution < 1.29 is 14.3 Å².